The van der Waals surface area contributed by atoms with Crippen LogP contribution in [0.3, 0.4) is 0 Å². The molecule has 0 fully saturated rings. The van der Waals surface area contributed by atoms with E-state index < -0.39 is 5.97 Å². The van der Waals surface area contributed by atoms with E-state index in [1.807, 2.05) is 76.2 Å². The molecule has 8 nitrogen and oxygen atoms in total. The van der Waals surface area contributed by atoms with Crippen LogP contribution in [0.2, 0.25) is 0 Å². The van der Waals surface area contributed by atoms with Crippen molar-refractivity contribution in [1.29, 1.82) is 0 Å². The smallest absolute Gasteiger partial charge is 0.343 e. The number of fused-ring (bicyclic) bond motifs is 1. The SMILES string of the molecule is CCOC(=O)c1cnn(-c2cc(C)c3cccc(C)c3n2)c1Nc1cc(-c2ccc(C)cc2)nc(C)n1. The first kappa shape index (κ1) is 24.1. The van der Waals surface area contributed by atoms with Gasteiger partial charge < -0.3 is 10.1 Å². The summed E-state index contributed by atoms with van der Waals surface area (Å²) < 4.78 is 6.93. The highest BCUT2D eigenvalue weighted by atomic mass is 16.5. The number of nitrogens with one attached hydrogen (secondary N) is 1. The average molecular weight is 493 g/mol. The van der Waals surface area contributed by atoms with Gasteiger partial charge in [0.2, 0.25) is 0 Å². The van der Waals surface area contributed by atoms with Gasteiger partial charge in [-0.15, -0.1) is 0 Å². The van der Waals surface area contributed by atoms with Gasteiger partial charge in [-0.1, -0.05) is 48.0 Å². The number of anilines is 2. The van der Waals surface area contributed by atoms with Crippen LogP contribution in [-0.4, -0.2) is 37.3 Å². The molecule has 0 saturated carbocycles. The van der Waals surface area contributed by atoms with Crippen molar-refractivity contribution in [3.05, 3.63) is 88.9 Å². The van der Waals surface area contributed by atoms with Crippen LogP contribution in [0.25, 0.3) is 28.0 Å². The molecule has 5 aromatic rings. The van der Waals surface area contributed by atoms with Crippen LogP contribution in [0.15, 0.2) is 60.8 Å². The van der Waals surface area contributed by atoms with E-state index in [2.05, 4.69) is 26.4 Å². The second kappa shape index (κ2) is 9.81. The Hall–Kier alpha value is -4.59. The lowest BCUT2D eigenvalue weighted by molar-refractivity contribution is 0.0527. The standard InChI is InChI=1S/C29H28N6O2/c1-6-37-29(36)23-16-30-35(26-14-19(4)22-9-7-8-18(3)27(22)34-26)28(23)33-25-15-24(31-20(5)32-25)21-12-10-17(2)11-13-21/h7-16H,6H2,1-5H3,(H,31,32,33). The average Bonchev–Trinajstić information content (AvgIpc) is 3.28. The molecule has 0 unspecified atom stereocenters. The topological polar surface area (TPSA) is 94.8 Å². The first-order valence-electron chi connectivity index (χ1n) is 12.2. The predicted octanol–water partition coefficient (Wildman–Crippen LogP) is 6.03. The highest BCUT2D eigenvalue weighted by Crippen LogP contribution is 2.29. The number of ether oxygens (including phenoxy) is 1. The molecule has 3 aromatic heterocycles. The zero-order valence-electron chi connectivity index (χ0n) is 21.5. The minimum Gasteiger partial charge on any atom is -0.462 e. The molecule has 0 aliphatic rings. The van der Waals surface area contributed by atoms with Crippen molar-refractivity contribution < 1.29 is 9.53 Å². The molecule has 37 heavy (non-hydrogen) atoms. The normalized spacial score (nSPS) is 11.1. The molecule has 0 aliphatic heterocycles. The molecule has 8 heteroatoms. The molecule has 0 bridgehead atoms. The number of esters is 1. The first-order chi connectivity index (χ1) is 17.8. The van der Waals surface area contributed by atoms with Gasteiger partial charge in [0.15, 0.2) is 11.6 Å². The van der Waals surface area contributed by atoms with Gasteiger partial charge in [0.25, 0.3) is 0 Å². The van der Waals surface area contributed by atoms with Crippen LogP contribution in [0, 0.1) is 27.7 Å². The van der Waals surface area contributed by atoms with Crippen molar-refractivity contribution in [2.45, 2.75) is 34.6 Å². The molecule has 1 N–H and O–H groups in total. The van der Waals surface area contributed by atoms with E-state index in [4.69, 9.17) is 9.72 Å². The quantitative estimate of drug-likeness (QED) is 0.289. The van der Waals surface area contributed by atoms with E-state index in [0.717, 1.165) is 33.3 Å². The number of carbonyl (C=O) groups is 1. The number of aromatic nitrogens is 5. The first-order valence-corrected chi connectivity index (χ1v) is 12.2. The van der Waals surface area contributed by atoms with E-state index in [1.54, 1.807) is 11.6 Å². The molecule has 0 spiro atoms. The molecule has 186 valence electrons. The Morgan fingerprint density at radius 1 is 0.946 bits per heavy atom. The molecular weight excluding hydrogens is 464 g/mol. The fourth-order valence-corrected chi connectivity index (χ4v) is 4.28. The summed E-state index contributed by atoms with van der Waals surface area (Å²) in [6.45, 7) is 9.97. The lowest BCUT2D eigenvalue weighted by Crippen LogP contribution is -2.11. The predicted molar refractivity (Wildman–Crippen MR) is 145 cm³/mol. The lowest BCUT2D eigenvalue weighted by atomic mass is 10.1. The number of nitrogens with zero attached hydrogens (tertiary/aromatic N) is 5. The van der Waals surface area contributed by atoms with Crippen LogP contribution in [0.5, 0.6) is 0 Å². The number of rotatable bonds is 6. The summed E-state index contributed by atoms with van der Waals surface area (Å²) in [5.41, 5.74) is 6.21. The number of pyridine rings is 1. The maximum Gasteiger partial charge on any atom is 0.343 e. The molecule has 0 amide bonds. The van der Waals surface area contributed by atoms with E-state index in [9.17, 15) is 4.79 Å². The lowest BCUT2D eigenvalue weighted by Gasteiger charge is -2.14. The summed E-state index contributed by atoms with van der Waals surface area (Å²) in [6.07, 6.45) is 1.49. The van der Waals surface area contributed by atoms with Crippen molar-refractivity contribution in [2.75, 3.05) is 11.9 Å². The monoisotopic (exact) mass is 492 g/mol. The highest BCUT2D eigenvalue weighted by Gasteiger charge is 2.22. The van der Waals surface area contributed by atoms with Gasteiger partial charge in [-0.3, -0.25) is 0 Å². The van der Waals surface area contributed by atoms with Gasteiger partial charge in [0.1, 0.15) is 17.2 Å². The Labute approximate surface area is 215 Å². The van der Waals surface area contributed by atoms with Crippen LogP contribution in [-0.2, 0) is 4.74 Å². The number of para-hydroxylation sites is 1. The zero-order valence-corrected chi connectivity index (χ0v) is 21.5. The second-order valence-electron chi connectivity index (χ2n) is 8.98. The maximum absolute atomic E-state index is 12.9. The third kappa shape index (κ3) is 4.78. The molecule has 0 aliphatic carbocycles. The molecule has 5 rings (SSSR count). The summed E-state index contributed by atoms with van der Waals surface area (Å²) in [7, 11) is 0. The van der Waals surface area contributed by atoms with Crippen molar-refractivity contribution in [1.82, 2.24) is 24.7 Å². The minimum atomic E-state index is -0.477. The minimum absolute atomic E-state index is 0.250. The van der Waals surface area contributed by atoms with Crippen LogP contribution in [0.1, 0.15) is 39.8 Å². The van der Waals surface area contributed by atoms with E-state index >= 15 is 0 Å². The van der Waals surface area contributed by atoms with Crippen molar-refractivity contribution >= 4 is 28.5 Å². The molecule has 0 radical (unpaired) electrons. The van der Waals surface area contributed by atoms with E-state index in [0.29, 0.717) is 28.8 Å². The van der Waals surface area contributed by atoms with Crippen LogP contribution < -0.4 is 5.32 Å². The van der Waals surface area contributed by atoms with Crippen molar-refractivity contribution in [2.24, 2.45) is 0 Å². The van der Waals surface area contributed by atoms with Gasteiger partial charge in [-0.2, -0.15) is 9.78 Å². The fourth-order valence-electron chi connectivity index (χ4n) is 4.28. The molecular formula is C29H28N6O2. The third-order valence-corrected chi connectivity index (χ3v) is 6.15. The summed E-state index contributed by atoms with van der Waals surface area (Å²) in [4.78, 5) is 26.9. The van der Waals surface area contributed by atoms with Crippen molar-refractivity contribution in [3.63, 3.8) is 0 Å². The summed E-state index contributed by atoms with van der Waals surface area (Å²) in [6, 6.07) is 18.1. The van der Waals surface area contributed by atoms with Gasteiger partial charge in [0.05, 0.1) is 24.0 Å². The van der Waals surface area contributed by atoms with Crippen LogP contribution in [0.4, 0.5) is 11.6 Å². The number of hydrogen-bond acceptors (Lipinski definition) is 7. The molecule has 3 heterocycles. The number of aryl methyl sites for hydroxylation is 4. The van der Waals surface area contributed by atoms with Gasteiger partial charge in [0, 0.05) is 17.0 Å². The van der Waals surface area contributed by atoms with Gasteiger partial charge in [-0.25, -0.2) is 19.7 Å². The number of hydrogen-bond donors (Lipinski definition) is 1. The van der Waals surface area contributed by atoms with Crippen LogP contribution >= 0.6 is 0 Å². The highest BCUT2D eigenvalue weighted by molar-refractivity contribution is 5.96. The molecule has 0 atom stereocenters. The third-order valence-electron chi connectivity index (χ3n) is 6.15. The Balaban J connectivity index is 1.63. The van der Waals surface area contributed by atoms with E-state index in [1.165, 1.54) is 11.8 Å². The van der Waals surface area contributed by atoms with Gasteiger partial charge in [-0.05, 0) is 51.8 Å². The number of benzene rings is 2. The summed E-state index contributed by atoms with van der Waals surface area (Å²) >= 11 is 0. The maximum atomic E-state index is 12.9. The summed E-state index contributed by atoms with van der Waals surface area (Å²) in [5, 5.41) is 8.91. The second-order valence-corrected chi connectivity index (χ2v) is 8.98. The van der Waals surface area contributed by atoms with E-state index in [-0.39, 0.29) is 6.61 Å². The van der Waals surface area contributed by atoms with Crippen molar-refractivity contribution in [3.8, 4) is 17.1 Å². The Morgan fingerprint density at radius 2 is 1.73 bits per heavy atom. The Bertz CT molecular complexity index is 1620. The Kier molecular flexibility index (Phi) is 6.40. The van der Waals surface area contributed by atoms with Gasteiger partial charge >= 0.3 is 5.97 Å². The largest absolute Gasteiger partial charge is 0.462 e. The number of carbonyl (C=O) groups excluding carboxylic acids is 1. The molecule has 0 saturated heterocycles. The fraction of sp³-hybridized carbons (Fsp3) is 0.207. The summed E-state index contributed by atoms with van der Waals surface area (Å²) in [5.74, 6) is 1.66. The molecule has 2 aromatic carbocycles. The Morgan fingerprint density at radius 3 is 2.49 bits per heavy atom. The zero-order chi connectivity index (χ0) is 26.1.